The molecular weight excluding hydrogens is 238 g/mol. The van der Waals surface area contributed by atoms with Crippen molar-refractivity contribution in [1.29, 1.82) is 0 Å². The number of nitrogens with one attached hydrogen (secondary N) is 1. The molecule has 2 heterocycles. The van der Waals surface area contributed by atoms with E-state index in [9.17, 15) is 4.79 Å². The molecule has 1 N–H and O–H groups in total. The summed E-state index contributed by atoms with van der Waals surface area (Å²) in [7, 11) is 1.99. The van der Waals surface area contributed by atoms with Crippen molar-refractivity contribution in [3.05, 3.63) is 29.8 Å². The van der Waals surface area contributed by atoms with Crippen LogP contribution < -0.4 is 10.2 Å². The van der Waals surface area contributed by atoms with E-state index in [1.807, 2.05) is 29.0 Å². The normalized spacial score (nSPS) is 22.5. The smallest absolute Gasteiger partial charge is 0.324 e. The number of hydrogen-bond donors (Lipinski definition) is 1. The van der Waals surface area contributed by atoms with Crippen molar-refractivity contribution in [2.24, 2.45) is 0 Å². The number of para-hydroxylation sites is 1. The van der Waals surface area contributed by atoms with E-state index >= 15 is 0 Å². The van der Waals surface area contributed by atoms with Crippen molar-refractivity contribution >= 4 is 11.7 Å². The molecule has 102 valence electrons. The minimum atomic E-state index is 0.180. The van der Waals surface area contributed by atoms with Gasteiger partial charge in [-0.25, -0.2) is 4.79 Å². The zero-order valence-electron chi connectivity index (χ0n) is 11.4. The molecule has 3 rings (SSSR count). The first-order valence-electron chi connectivity index (χ1n) is 7.14. The number of nitrogens with zero attached hydrogens (tertiary/aromatic N) is 2. The maximum absolute atomic E-state index is 12.6. The zero-order valence-corrected chi connectivity index (χ0v) is 11.4. The van der Waals surface area contributed by atoms with E-state index in [4.69, 9.17) is 0 Å². The second kappa shape index (κ2) is 5.21. The van der Waals surface area contributed by atoms with Crippen LogP contribution >= 0.6 is 0 Å². The number of amides is 2. The largest absolute Gasteiger partial charge is 0.324 e. The summed E-state index contributed by atoms with van der Waals surface area (Å²) >= 11 is 0. The van der Waals surface area contributed by atoms with E-state index in [2.05, 4.69) is 17.4 Å². The fourth-order valence-electron chi connectivity index (χ4n) is 3.14. The predicted octanol–water partition coefficient (Wildman–Crippen LogP) is 2.37. The van der Waals surface area contributed by atoms with Crippen LogP contribution in [0.3, 0.4) is 0 Å². The number of carbonyl (C=O) groups is 1. The van der Waals surface area contributed by atoms with E-state index in [1.54, 1.807) is 0 Å². The average Bonchev–Trinajstić information content (AvgIpc) is 2.99. The van der Waals surface area contributed by atoms with Gasteiger partial charge in [-0.05, 0) is 37.9 Å². The molecule has 1 unspecified atom stereocenters. The fourth-order valence-corrected chi connectivity index (χ4v) is 3.14. The van der Waals surface area contributed by atoms with Gasteiger partial charge in [0.15, 0.2) is 0 Å². The molecule has 1 aromatic carbocycles. The molecule has 0 aliphatic carbocycles. The number of benzene rings is 1. The Morgan fingerprint density at radius 1 is 1.21 bits per heavy atom. The van der Waals surface area contributed by atoms with Gasteiger partial charge in [0.25, 0.3) is 0 Å². The minimum absolute atomic E-state index is 0.180. The van der Waals surface area contributed by atoms with Crippen LogP contribution in [-0.2, 0) is 0 Å². The summed E-state index contributed by atoms with van der Waals surface area (Å²) in [6.07, 6.45) is 3.26. The van der Waals surface area contributed by atoms with Gasteiger partial charge in [0.1, 0.15) is 0 Å². The van der Waals surface area contributed by atoms with E-state index in [0.717, 1.165) is 44.6 Å². The lowest BCUT2D eigenvalue weighted by molar-refractivity contribution is 0.214. The average molecular weight is 259 g/mol. The minimum Gasteiger partial charge on any atom is -0.324 e. The molecule has 0 spiro atoms. The van der Waals surface area contributed by atoms with Crippen LogP contribution in [-0.4, -0.2) is 37.6 Å². The lowest BCUT2D eigenvalue weighted by atomic mass is 9.97. The van der Waals surface area contributed by atoms with Crippen LogP contribution in [0.1, 0.15) is 30.9 Å². The summed E-state index contributed by atoms with van der Waals surface area (Å²) in [5.41, 5.74) is 2.31. The highest BCUT2D eigenvalue weighted by atomic mass is 16.2. The summed E-state index contributed by atoms with van der Waals surface area (Å²) in [4.78, 5) is 16.5. The third-order valence-corrected chi connectivity index (χ3v) is 4.20. The molecule has 19 heavy (non-hydrogen) atoms. The fraction of sp³-hybridized carbons (Fsp3) is 0.533. The van der Waals surface area contributed by atoms with E-state index in [-0.39, 0.29) is 6.03 Å². The molecule has 0 saturated carbocycles. The molecule has 1 fully saturated rings. The molecule has 4 heteroatoms. The Balaban J connectivity index is 1.89. The molecule has 1 saturated heterocycles. The monoisotopic (exact) mass is 259 g/mol. The zero-order chi connectivity index (χ0) is 13.2. The summed E-state index contributed by atoms with van der Waals surface area (Å²) in [5, 5.41) is 3.34. The van der Waals surface area contributed by atoms with Crippen molar-refractivity contribution in [2.75, 3.05) is 31.6 Å². The van der Waals surface area contributed by atoms with Crippen LogP contribution in [0.25, 0.3) is 0 Å². The van der Waals surface area contributed by atoms with Gasteiger partial charge in [-0.2, -0.15) is 0 Å². The third kappa shape index (κ3) is 2.21. The Hall–Kier alpha value is -1.55. The van der Waals surface area contributed by atoms with Crippen molar-refractivity contribution in [3.63, 3.8) is 0 Å². The molecule has 0 radical (unpaired) electrons. The quantitative estimate of drug-likeness (QED) is 0.840. The first-order valence-corrected chi connectivity index (χ1v) is 7.14. The second-order valence-corrected chi connectivity index (χ2v) is 5.32. The third-order valence-electron chi connectivity index (χ3n) is 4.20. The molecule has 4 nitrogen and oxygen atoms in total. The van der Waals surface area contributed by atoms with Crippen LogP contribution in [0.5, 0.6) is 0 Å². The van der Waals surface area contributed by atoms with Crippen LogP contribution in [0.4, 0.5) is 10.5 Å². The maximum Gasteiger partial charge on any atom is 0.324 e. The number of anilines is 1. The van der Waals surface area contributed by atoms with E-state index in [0.29, 0.717) is 6.04 Å². The topological polar surface area (TPSA) is 35.6 Å². The molecule has 1 aromatic rings. The molecule has 2 aliphatic heterocycles. The summed E-state index contributed by atoms with van der Waals surface area (Å²) in [6.45, 7) is 2.62. The van der Waals surface area contributed by atoms with E-state index < -0.39 is 0 Å². The Kier molecular flexibility index (Phi) is 3.42. The number of hydrogen-bond acceptors (Lipinski definition) is 2. The number of likely N-dealkylation sites (tertiary alicyclic amines) is 1. The maximum atomic E-state index is 12.6. The highest BCUT2D eigenvalue weighted by molar-refractivity contribution is 5.93. The summed E-state index contributed by atoms with van der Waals surface area (Å²) < 4.78 is 0. The van der Waals surface area contributed by atoms with Crippen LogP contribution in [0.15, 0.2) is 24.3 Å². The van der Waals surface area contributed by atoms with Gasteiger partial charge in [0.05, 0.1) is 5.69 Å². The first kappa shape index (κ1) is 12.5. The van der Waals surface area contributed by atoms with Crippen LogP contribution in [0, 0.1) is 0 Å². The van der Waals surface area contributed by atoms with E-state index in [1.165, 1.54) is 5.56 Å². The summed E-state index contributed by atoms with van der Waals surface area (Å²) in [6, 6.07) is 8.79. The number of fused-ring (bicyclic) bond motifs is 1. The highest BCUT2D eigenvalue weighted by Gasteiger charge is 2.31. The number of urea groups is 1. The standard InChI is InChI=1S/C15H21N3O/c1-16-13-8-11-18(14-7-3-2-6-12(13)14)15(19)17-9-4-5-10-17/h2-3,6-7,13,16H,4-5,8-11H2,1H3. The van der Waals surface area contributed by atoms with Gasteiger partial charge >= 0.3 is 6.03 Å². The lowest BCUT2D eigenvalue weighted by Gasteiger charge is -2.36. The lowest BCUT2D eigenvalue weighted by Crippen LogP contribution is -2.45. The van der Waals surface area contributed by atoms with Crippen molar-refractivity contribution in [3.8, 4) is 0 Å². The molecule has 1 atom stereocenters. The highest BCUT2D eigenvalue weighted by Crippen LogP contribution is 2.34. The molecule has 0 aromatic heterocycles. The Labute approximate surface area is 114 Å². The second-order valence-electron chi connectivity index (χ2n) is 5.32. The van der Waals surface area contributed by atoms with Gasteiger partial charge in [0.2, 0.25) is 0 Å². The Morgan fingerprint density at radius 3 is 2.68 bits per heavy atom. The molecule has 2 amide bonds. The number of rotatable bonds is 1. The SMILES string of the molecule is CNC1CCN(C(=O)N2CCCC2)c2ccccc21. The van der Waals surface area contributed by atoms with Gasteiger partial charge in [-0.3, -0.25) is 4.90 Å². The van der Waals surface area contributed by atoms with Crippen molar-refractivity contribution in [2.45, 2.75) is 25.3 Å². The van der Waals surface area contributed by atoms with Gasteiger partial charge in [0, 0.05) is 25.7 Å². The molecule has 0 bridgehead atoms. The number of carbonyl (C=O) groups excluding carboxylic acids is 1. The first-order chi connectivity index (χ1) is 9.31. The van der Waals surface area contributed by atoms with Crippen molar-refractivity contribution in [1.82, 2.24) is 10.2 Å². The van der Waals surface area contributed by atoms with Gasteiger partial charge in [-0.1, -0.05) is 18.2 Å². The summed E-state index contributed by atoms with van der Waals surface area (Å²) in [5.74, 6) is 0. The van der Waals surface area contributed by atoms with Crippen LogP contribution in [0.2, 0.25) is 0 Å². The molecule has 2 aliphatic rings. The van der Waals surface area contributed by atoms with Gasteiger partial charge in [-0.15, -0.1) is 0 Å². The van der Waals surface area contributed by atoms with Crippen molar-refractivity contribution < 1.29 is 4.79 Å². The Bertz CT molecular complexity index is 468. The van der Waals surface area contributed by atoms with Gasteiger partial charge < -0.3 is 10.2 Å². The predicted molar refractivity (Wildman–Crippen MR) is 76.4 cm³/mol. The Morgan fingerprint density at radius 2 is 1.95 bits per heavy atom. The molecular formula is C15H21N3O.